The summed E-state index contributed by atoms with van der Waals surface area (Å²) in [6, 6.07) is 24.6. The molecule has 0 atom stereocenters. The smallest absolute Gasteiger partial charge is 0.326 e. The van der Waals surface area contributed by atoms with E-state index in [9.17, 15) is 4.79 Å². The van der Waals surface area contributed by atoms with Crippen LogP contribution in [0.4, 0.5) is 16.2 Å². The van der Waals surface area contributed by atoms with Crippen LogP contribution in [-0.4, -0.2) is 16.2 Å². The first-order valence-electron chi connectivity index (χ1n) is 9.37. The minimum Gasteiger partial charge on any atom is -0.339 e. The molecule has 0 fully saturated rings. The Morgan fingerprint density at radius 2 is 1.80 bits per heavy atom. The fourth-order valence-corrected chi connectivity index (χ4v) is 3.28. The van der Waals surface area contributed by atoms with Gasteiger partial charge in [0.2, 0.25) is 11.7 Å². The molecule has 150 valence electrons. The number of amides is 2. The molecular weight excluding hydrogens is 444 g/mol. The van der Waals surface area contributed by atoms with Gasteiger partial charge < -0.3 is 9.84 Å². The molecule has 0 bridgehead atoms. The average Bonchev–Trinajstić information content (AvgIpc) is 3.21. The maximum absolute atomic E-state index is 13.1. The number of nitrogens with zero attached hydrogens (tertiary/aromatic N) is 3. The molecule has 4 rings (SSSR count). The number of halogens is 1. The van der Waals surface area contributed by atoms with Crippen molar-refractivity contribution in [1.29, 1.82) is 0 Å². The molecule has 30 heavy (non-hydrogen) atoms. The molecule has 2 amide bonds. The lowest BCUT2D eigenvalue weighted by Gasteiger charge is -2.23. The van der Waals surface area contributed by atoms with Crippen LogP contribution in [0, 0.1) is 6.92 Å². The number of anilines is 2. The highest BCUT2D eigenvalue weighted by Crippen LogP contribution is 2.23. The van der Waals surface area contributed by atoms with Crippen molar-refractivity contribution in [1.82, 2.24) is 10.1 Å². The van der Waals surface area contributed by atoms with Gasteiger partial charge in [-0.1, -0.05) is 57.5 Å². The number of aryl methyl sites for hydroxylation is 1. The summed E-state index contributed by atoms with van der Waals surface area (Å²) in [6.45, 7) is 2.14. The Kier molecular flexibility index (Phi) is 5.90. The summed E-state index contributed by atoms with van der Waals surface area (Å²) in [5.41, 5.74) is 3.31. The van der Waals surface area contributed by atoms with Crippen molar-refractivity contribution < 1.29 is 9.32 Å². The van der Waals surface area contributed by atoms with E-state index in [4.69, 9.17) is 4.52 Å². The molecular formula is C23H19BrN4O2. The molecule has 0 saturated carbocycles. The normalized spacial score (nSPS) is 10.6. The van der Waals surface area contributed by atoms with Gasteiger partial charge in [-0.2, -0.15) is 4.98 Å². The number of hydrogen-bond donors (Lipinski definition) is 1. The van der Waals surface area contributed by atoms with Crippen molar-refractivity contribution in [2.24, 2.45) is 0 Å². The van der Waals surface area contributed by atoms with E-state index < -0.39 is 0 Å². The van der Waals surface area contributed by atoms with E-state index >= 15 is 0 Å². The molecule has 1 aromatic heterocycles. The summed E-state index contributed by atoms with van der Waals surface area (Å²) in [7, 11) is 0. The maximum atomic E-state index is 13.1. The zero-order valence-electron chi connectivity index (χ0n) is 16.2. The van der Waals surface area contributed by atoms with E-state index in [0.29, 0.717) is 18.3 Å². The summed E-state index contributed by atoms with van der Waals surface area (Å²) in [4.78, 5) is 19.1. The molecule has 0 radical (unpaired) electrons. The zero-order chi connectivity index (χ0) is 20.9. The monoisotopic (exact) mass is 462 g/mol. The first-order chi connectivity index (χ1) is 14.6. The molecule has 3 aromatic carbocycles. The molecule has 0 aliphatic rings. The van der Waals surface area contributed by atoms with Gasteiger partial charge in [0.25, 0.3) is 0 Å². The topological polar surface area (TPSA) is 71.3 Å². The van der Waals surface area contributed by atoms with Crippen LogP contribution in [0.5, 0.6) is 0 Å². The van der Waals surface area contributed by atoms with Crippen LogP contribution in [0.2, 0.25) is 0 Å². The molecule has 7 heteroatoms. The Morgan fingerprint density at radius 3 is 2.50 bits per heavy atom. The highest BCUT2D eigenvalue weighted by molar-refractivity contribution is 9.10. The summed E-state index contributed by atoms with van der Waals surface area (Å²) in [5.74, 6) is 1.04. The third-order valence-electron chi connectivity index (χ3n) is 4.46. The Labute approximate surface area is 182 Å². The maximum Gasteiger partial charge on any atom is 0.326 e. The lowest BCUT2D eigenvalue weighted by molar-refractivity contribution is 0.256. The predicted molar refractivity (Wildman–Crippen MR) is 120 cm³/mol. The number of aromatic nitrogens is 2. The lowest BCUT2D eigenvalue weighted by atomic mass is 10.1. The number of benzene rings is 3. The first-order valence-corrected chi connectivity index (χ1v) is 10.2. The van der Waals surface area contributed by atoms with Crippen molar-refractivity contribution in [2.75, 3.05) is 10.2 Å². The SMILES string of the molecule is Cc1nc(-c2cccc(CN(C(=O)Nc3ccc(Br)cc3)c3ccccc3)c2)no1. The zero-order valence-corrected chi connectivity index (χ0v) is 17.8. The van der Waals surface area contributed by atoms with Gasteiger partial charge in [0.15, 0.2) is 0 Å². The van der Waals surface area contributed by atoms with Crippen LogP contribution in [0.3, 0.4) is 0 Å². The van der Waals surface area contributed by atoms with Crippen molar-refractivity contribution in [3.63, 3.8) is 0 Å². The number of carbonyl (C=O) groups is 1. The predicted octanol–water partition coefficient (Wildman–Crippen LogP) is 6.05. The Bertz CT molecular complexity index is 1140. The van der Waals surface area contributed by atoms with Crippen molar-refractivity contribution in [3.8, 4) is 11.4 Å². The minimum atomic E-state index is -0.218. The van der Waals surface area contributed by atoms with E-state index in [1.54, 1.807) is 11.8 Å². The van der Waals surface area contributed by atoms with E-state index in [1.165, 1.54) is 0 Å². The Hall–Kier alpha value is -3.45. The second-order valence-corrected chi connectivity index (χ2v) is 7.61. The molecule has 4 aromatic rings. The van der Waals surface area contributed by atoms with Gasteiger partial charge in [-0.15, -0.1) is 0 Å². The number of nitrogens with one attached hydrogen (secondary N) is 1. The van der Waals surface area contributed by atoms with Gasteiger partial charge >= 0.3 is 6.03 Å². The second-order valence-electron chi connectivity index (χ2n) is 6.70. The molecule has 0 aliphatic heterocycles. The minimum absolute atomic E-state index is 0.218. The molecule has 0 aliphatic carbocycles. The van der Waals surface area contributed by atoms with Crippen LogP contribution in [0.15, 0.2) is 87.9 Å². The van der Waals surface area contributed by atoms with Gasteiger partial charge in [0, 0.05) is 28.3 Å². The quantitative estimate of drug-likeness (QED) is 0.391. The fraction of sp³-hybridized carbons (Fsp3) is 0.0870. The molecule has 0 unspecified atom stereocenters. The number of para-hydroxylation sites is 1. The van der Waals surface area contributed by atoms with Crippen LogP contribution in [-0.2, 0) is 6.54 Å². The summed E-state index contributed by atoms with van der Waals surface area (Å²) < 4.78 is 6.04. The highest BCUT2D eigenvalue weighted by Gasteiger charge is 2.17. The Morgan fingerprint density at radius 1 is 1.03 bits per heavy atom. The molecule has 1 N–H and O–H groups in total. The molecule has 1 heterocycles. The standard InChI is InChI=1S/C23H19BrN4O2/c1-16-25-22(27-30-16)18-7-5-6-17(14-18)15-28(21-8-3-2-4-9-21)23(29)26-20-12-10-19(24)11-13-20/h2-14H,15H2,1H3,(H,26,29). The van der Waals surface area contributed by atoms with Crippen LogP contribution in [0.25, 0.3) is 11.4 Å². The van der Waals surface area contributed by atoms with Crippen LogP contribution in [0.1, 0.15) is 11.5 Å². The number of carbonyl (C=O) groups excluding carboxylic acids is 1. The van der Waals surface area contributed by atoms with Crippen LogP contribution < -0.4 is 10.2 Å². The first kappa shape index (κ1) is 19.8. The van der Waals surface area contributed by atoms with Gasteiger partial charge in [-0.25, -0.2) is 4.79 Å². The number of rotatable bonds is 5. The van der Waals surface area contributed by atoms with Gasteiger partial charge in [0.1, 0.15) is 0 Å². The van der Waals surface area contributed by atoms with E-state index in [0.717, 1.165) is 27.0 Å². The lowest BCUT2D eigenvalue weighted by Crippen LogP contribution is -2.34. The molecule has 6 nitrogen and oxygen atoms in total. The second kappa shape index (κ2) is 8.92. The summed E-state index contributed by atoms with van der Waals surface area (Å²) in [6.07, 6.45) is 0. The van der Waals surface area contributed by atoms with Gasteiger partial charge in [0.05, 0.1) is 6.54 Å². The van der Waals surface area contributed by atoms with Gasteiger partial charge in [-0.3, -0.25) is 4.90 Å². The fourth-order valence-electron chi connectivity index (χ4n) is 3.02. The van der Waals surface area contributed by atoms with Crippen LogP contribution >= 0.6 is 15.9 Å². The van der Waals surface area contributed by atoms with Gasteiger partial charge in [-0.05, 0) is 48.0 Å². The molecule has 0 saturated heterocycles. The number of urea groups is 1. The Balaban J connectivity index is 1.60. The van der Waals surface area contributed by atoms with Crippen molar-refractivity contribution >= 4 is 33.3 Å². The van der Waals surface area contributed by atoms with E-state index in [-0.39, 0.29) is 6.03 Å². The third-order valence-corrected chi connectivity index (χ3v) is 4.99. The summed E-state index contributed by atoms with van der Waals surface area (Å²) in [5, 5.41) is 6.94. The average molecular weight is 463 g/mol. The third kappa shape index (κ3) is 4.75. The largest absolute Gasteiger partial charge is 0.339 e. The van der Waals surface area contributed by atoms with E-state index in [2.05, 4.69) is 31.4 Å². The van der Waals surface area contributed by atoms with Crippen molar-refractivity contribution in [2.45, 2.75) is 13.5 Å². The number of hydrogen-bond acceptors (Lipinski definition) is 4. The van der Waals surface area contributed by atoms with E-state index in [1.807, 2.05) is 78.9 Å². The highest BCUT2D eigenvalue weighted by atomic mass is 79.9. The van der Waals surface area contributed by atoms with Crippen molar-refractivity contribution in [3.05, 3.63) is 94.8 Å². The molecule has 0 spiro atoms. The summed E-state index contributed by atoms with van der Waals surface area (Å²) >= 11 is 3.41.